The van der Waals surface area contributed by atoms with Crippen LogP contribution < -0.4 is 20.7 Å². The van der Waals surface area contributed by atoms with Crippen molar-refractivity contribution in [3.8, 4) is 11.5 Å². The molecule has 46 heavy (non-hydrogen) atoms. The second-order valence-corrected chi connectivity index (χ2v) is 10.3. The van der Waals surface area contributed by atoms with Gasteiger partial charge in [0.25, 0.3) is 5.56 Å². The number of nitrogens with zero attached hydrogens (tertiary/aromatic N) is 1. The highest BCUT2D eigenvalue weighted by Gasteiger charge is 2.38. The van der Waals surface area contributed by atoms with E-state index in [0.29, 0.717) is 11.5 Å². The average molecular weight is 633 g/mol. The molecule has 0 radical (unpaired) electrons. The fourth-order valence-corrected chi connectivity index (χ4v) is 4.82. The highest BCUT2D eigenvalue weighted by atomic mass is 16.5. The van der Waals surface area contributed by atoms with Crippen molar-refractivity contribution in [1.82, 2.24) is 9.55 Å². The highest BCUT2D eigenvalue weighted by Crippen LogP contribution is 2.42. The van der Waals surface area contributed by atoms with Crippen molar-refractivity contribution in [1.29, 1.82) is 0 Å². The van der Waals surface area contributed by atoms with Crippen molar-refractivity contribution in [3.63, 3.8) is 0 Å². The van der Waals surface area contributed by atoms with Crippen molar-refractivity contribution in [3.05, 3.63) is 129 Å². The fourth-order valence-electron chi connectivity index (χ4n) is 4.82. The van der Waals surface area contributed by atoms with Gasteiger partial charge in [0.1, 0.15) is 23.8 Å². The number of carboxylic acid groups (broad SMARTS) is 1. The topological polar surface area (TPSA) is 155 Å². The molecule has 1 aromatic heterocycles. The number of hydrogen-bond acceptors (Lipinski definition) is 9. The molecule has 2 N–H and O–H groups in total. The maximum Gasteiger partial charge on any atom is 0.330 e. The Bertz CT molecular complexity index is 1630. The predicted molar refractivity (Wildman–Crippen MR) is 167 cm³/mol. The lowest BCUT2D eigenvalue weighted by atomic mass is 9.80. The molecule has 0 fully saturated rings. The highest BCUT2D eigenvalue weighted by molar-refractivity contribution is 5.76. The van der Waals surface area contributed by atoms with E-state index in [4.69, 9.17) is 28.8 Å². The van der Waals surface area contributed by atoms with Crippen molar-refractivity contribution in [2.24, 2.45) is 5.92 Å². The molecule has 0 bridgehead atoms. The zero-order chi connectivity index (χ0) is 32.9. The third-order valence-corrected chi connectivity index (χ3v) is 7.21. The largest absolute Gasteiger partial charge is 0.497 e. The minimum atomic E-state index is -1.15. The van der Waals surface area contributed by atoms with Crippen LogP contribution in [0, 0.1) is 5.92 Å². The molecule has 1 atom stereocenters. The van der Waals surface area contributed by atoms with Gasteiger partial charge in [-0.1, -0.05) is 54.6 Å². The van der Waals surface area contributed by atoms with Gasteiger partial charge >= 0.3 is 17.6 Å². The predicted octanol–water partition coefficient (Wildman–Crippen LogP) is 3.56. The summed E-state index contributed by atoms with van der Waals surface area (Å²) in [4.78, 5) is 49.0. The quantitative estimate of drug-likeness (QED) is 0.130. The van der Waals surface area contributed by atoms with Crippen molar-refractivity contribution >= 4 is 11.9 Å². The zero-order valence-corrected chi connectivity index (χ0v) is 25.5. The van der Waals surface area contributed by atoms with Crippen LogP contribution in [-0.4, -0.2) is 60.6 Å². The van der Waals surface area contributed by atoms with Gasteiger partial charge < -0.3 is 28.8 Å². The first-order chi connectivity index (χ1) is 22.2. The summed E-state index contributed by atoms with van der Waals surface area (Å²) in [5, 5.41) is 8.95. The lowest BCUT2D eigenvalue weighted by Gasteiger charge is -2.37. The third-order valence-electron chi connectivity index (χ3n) is 7.21. The lowest BCUT2D eigenvalue weighted by molar-refractivity contribution is -0.150. The van der Waals surface area contributed by atoms with Crippen LogP contribution in [0.25, 0.3) is 0 Å². The van der Waals surface area contributed by atoms with Crippen LogP contribution in [0.4, 0.5) is 0 Å². The van der Waals surface area contributed by atoms with Crippen LogP contribution in [0.15, 0.2) is 101 Å². The molecule has 0 aliphatic heterocycles. The monoisotopic (exact) mass is 632 g/mol. The Morgan fingerprint density at radius 3 is 1.91 bits per heavy atom. The summed E-state index contributed by atoms with van der Waals surface area (Å²) < 4.78 is 30.1. The number of benzene rings is 3. The molecular formula is C34H36N2O10. The van der Waals surface area contributed by atoms with Crippen LogP contribution >= 0.6 is 0 Å². The number of esters is 1. The third kappa shape index (κ3) is 8.71. The Balaban J connectivity index is 1.68. The number of aromatic amines is 1. The Hall–Kier alpha value is -5.20. The molecule has 0 spiro atoms. The summed E-state index contributed by atoms with van der Waals surface area (Å²) in [5.74, 6) is -1.01. The summed E-state index contributed by atoms with van der Waals surface area (Å²) in [6, 6.07) is 25.8. The number of nitrogens with one attached hydrogen (secondary N) is 1. The van der Waals surface area contributed by atoms with E-state index < -0.39 is 34.7 Å². The Morgan fingerprint density at radius 1 is 0.783 bits per heavy atom. The fraction of sp³-hybridized carbons (Fsp3) is 0.294. The van der Waals surface area contributed by atoms with Gasteiger partial charge in [0.2, 0.25) is 0 Å². The van der Waals surface area contributed by atoms with E-state index >= 15 is 0 Å². The van der Waals surface area contributed by atoms with E-state index in [0.717, 1.165) is 16.7 Å². The molecule has 0 saturated heterocycles. The number of ether oxygens (including phenoxy) is 5. The maximum absolute atomic E-state index is 12.3. The van der Waals surface area contributed by atoms with Gasteiger partial charge in [-0.2, -0.15) is 0 Å². The standard InChI is InChI=1S/C34H36N2O10/c1-42-28-12-8-26(9-13-28)34(25-6-4-3-5-7-25,27-10-14-29(43-2)15-11-27)46-22-24(21-45-32(40)17-16-31(38)39)20-44-23-36-19-18-30(37)35-33(36)41/h3-15,18-19,24H,16-17,20-23H2,1-2H3,(H,38,39)(H,35,37,41)/t24-/m0/s1. The summed E-state index contributed by atoms with van der Waals surface area (Å²) in [6.45, 7) is -0.317. The molecular weight excluding hydrogens is 596 g/mol. The molecule has 0 aliphatic rings. The number of carbonyl (C=O) groups is 2. The van der Waals surface area contributed by atoms with Crippen LogP contribution in [0.5, 0.6) is 11.5 Å². The molecule has 12 heteroatoms. The second kappa shape index (κ2) is 16.2. The molecule has 4 aromatic rings. The molecule has 3 aromatic carbocycles. The first-order valence-corrected chi connectivity index (χ1v) is 14.5. The number of rotatable bonds is 17. The summed E-state index contributed by atoms with van der Waals surface area (Å²) >= 11 is 0. The van der Waals surface area contributed by atoms with E-state index in [-0.39, 0.29) is 39.4 Å². The number of carboxylic acids is 1. The van der Waals surface area contributed by atoms with E-state index in [9.17, 15) is 19.2 Å². The van der Waals surface area contributed by atoms with Crippen LogP contribution in [0.3, 0.4) is 0 Å². The number of methoxy groups -OCH3 is 2. The van der Waals surface area contributed by atoms with E-state index in [1.54, 1.807) is 14.2 Å². The number of carbonyl (C=O) groups excluding carboxylic acids is 1. The molecule has 0 amide bonds. The number of aromatic nitrogens is 2. The number of H-pyrrole nitrogens is 1. The molecule has 242 valence electrons. The lowest BCUT2D eigenvalue weighted by Crippen LogP contribution is -2.37. The molecule has 4 rings (SSSR count). The molecule has 0 aliphatic carbocycles. The first-order valence-electron chi connectivity index (χ1n) is 14.5. The van der Waals surface area contributed by atoms with Gasteiger partial charge in [-0.3, -0.25) is 23.9 Å². The smallest absolute Gasteiger partial charge is 0.330 e. The molecule has 1 heterocycles. The second-order valence-electron chi connectivity index (χ2n) is 10.3. The maximum atomic E-state index is 12.3. The van der Waals surface area contributed by atoms with Gasteiger partial charge in [0.05, 0.1) is 46.9 Å². The SMILES string of the molecule is COc1ccc(C(OC[C@@H](COCn2ccc(=O)[nH]c2=O)COC(=O)CCC(=O)O)(c2ccccc2)c2ccc(OC)cc2)cc1. The minimum Gasteiger partial charge on any atom is -0.497 e. The molecule has 0 unspecified atom stereocenters. The van der Waals surface area contributed by atoms with Gasteiger partial charge in [0.15, 0.2) is 0 Å². The van der Waals surface area contributed by atoms with Crippen LogP contribution in [-0.2, 0) is 36.1 Å². The van der Waals surface area contributed by atoms with Crippen LogP contribution in [0.1, 0.15) is 29.5 Å². The van der Waals surface area contributed by atoms with Crippen molar-refractivity contribution in [2.45, 2.75) is 25.2 Å². The van der Waals surface area contributed by atoms with Crippen LogP contribution in [0.2, 0.25) is 0 Å². The molecule has 12 nitrogen and oxygen atoms in total. The van der Waals surface area contributed by atoms with Gasteiger partial charge in [0, 0.05) is 18.2 Å². The summed E-state index contributed by atoms with van der Waals surface area (Å²) in [6.07, 6.45) is 0.659. The Kier molecular flexibility index (Phi) is 11.9. The van der Waals surface area contributed by atoms with Crippen molar-refractivity contribution < 1.29 is 38.4 Å². The van der Waals surface area contributed by atoms with Gasteiger partial charge in [-0.05, 0) is 41.0 Å². The van der Waals surface area contributed by atoms with Gasteiger partial charge in [-0.15, -0.1) is 0 Å². The first kappa shape index (κ1) is 33.7. The average Bonchev–Trinajstić information content (AvgIpc) is 3.08. The van der Waals surface area contributed by atoms with Gasteiger partial charge in [-0.25, -0.2) is 4.79 Å². The summed E-state index contributed by atoms with van der Waals surface area (Å²) in [5.41, 5.74) is 0.0901. The molecule has 0 saturated carbocycles. The number of hydrogen-bond donors (Lipinski definition) is 2. The normalized spacial score (nSPS) is 11.9. The van der Waals surface area contributed by atoms with Crippen molar-refractivity contribution in [2.75, 3.05) is 34.0 Å². The van der Waals surface area contributed by atoms with E-state index in [1.165, 1.54) is 16.8 Å². The minimum absolute atomic E-state index is 0.00608. The van der Waals surface area contributed by atoms with E-state index in [1.807, 2.05) is 78.9 Å². The Morgan fingerprint density at radius 2 is 1.37 bits per heavy atom. The van der Waals surface area contributed by atoms with E-state index in [2.05, 4.69) is 4.98 Å². The summed E-state index contributed by atoms with van der Waals surface area (Å²) in [7, 11) is 3.17. The Labute approximate surface area is 265 Å². The zero-order valence-electron chi connectivity index (χ0n) is 25.5. The number of aliphatic carboxylic acids is 1.